The number of nitrogens with zero attached hydrogens (tertiary/aromatic N) is 1. The third-order valence-electron chi connectivity index (χ3n) is 4.51. The maximum absolute atomic E-state index is 5.97. The summed E-state index contributed by atoms with van der Waals surface area (Å²) in [6.07, 6.45) is 1.23. The summed E-state index contributed by atoms with van der Waals surface area (Å²) in [5.41, 5.74) is 2.28. The average molecular weight is 285 g/mol. The molecule has 0 atom stereocenters. The minimum atomic E-state index is -0.420. The zero-order chi connectivity index (χ0) is 15.3. The molecule has 112 valence electrons. The Labute approximate surface area is 128 Å². The molecule has 2 heterocycles. The van der Waals surface area contributed by atoms with Crippen LogP contribution in [-0.4, -0.2) is 25.8 Å². The fraction of sp³-hybridized carbons (Fsp3) is 0.529. The van der Waals surface area contributed by atoms with Crippen LogP contribution in [0.1, 0.15) is 34.1 Å². The second kappa shape index (κ2) is 4.80. The molecule has 0 spiro atoms. The van der Waals surface area contributed by atoms with E-state index in [1.165, 1.54) is 12.1 Å². The predicted octanol–water partition coefficient (Wildman–Crippen LogP) is 2.96. The smallest absolute Gasteiger partial charge is 0.534 e. The van der Waals surface area contributed by atoms with E-state index in [1.807, 2.05) is 13.8 Å². The van der Waals surface area contributed by atoms with Crippen molar-refractivity contribution in [3.8, 4) is 0 Å². The van der Waals surface area contributed by atoms with Gasteiger partial charge in [0.05, 0.1) is 5.76 Å². The molecule has 21 heavy (non-hydrogen) atoms. The fourth-order valence-corrected chi connectivity index (χ4v) is 2.97. The highest BCUT2D eigenvalue weighted by atomic mass is 16.7. The van der Waals surface area contributed by atoms with E-state index in [0.29, 0.717) is 11.2 Å². The number of benzene rings is 1. The van der Waals surface area contributed by atoms with Crippen molar-refractivity contribution in [2.24, 2.45) is 5.41 Å². The molecule has 0 radical (unpaired) electrons. The van der Waals surface area contributed by atoms with Crippen LogP contribution in [0.15, 0.2) is 36.6 Å². The lowest BCUT2D eigenvalue weighted by atomic mass is 9.79. The second-order valence-electron chi connectivity index (χ2n) is 7.43. The van der Waals surface area contributed by atoms with E-state index in [9.17, 15) is 0 Å². The van der Waals surface area contributed by atoms with Crippen LogP contribution in [0.4, 0.5) is 5.69 Å². The van der Waals surface area contributed by atoms with Gasteiger partial charge in [-0.25, -0.2) is 0 Å². The lowest BCUT2D eigenvalue weighted by Crippen LogP contribution is -2.35. The van der Waals surface area contributed by atoms with Gasteiger partial charge in [-0.2, -0.15) is 0 Å². The molecule has 3 nitrogen and oxygen atoms in total. The average Bonchev–Trinajstić information content (AvgIpc) is 2.90. The Hall–Kier alpha value is -1.42. The van der Waals surface area contributed by atoms with E-state index >= 15 is 0 Å². The van der Waals surface area contributed by atoms with Crippen LogP contribution in [0.3, 0.4) is 0 Å². The van der Waals surface area contributed by atoms with Crippen LogP contribution >= 0.6 is 0 Å². The van der Waals surface area contributed by atoms with Crippen LogP contribution in [0.5, 0.6) is 0 Å². The van der Waals surface area contributed by atoms with Crippen LogP contribution in [0.2, 0.25) is 0 Å². The summed E-state index contributed by atoms with van der Waals surface area (Å²) < 4.78 is 11.8. The third kappa shape index (κ3) is 2.82. The second-order valence-corrected chi connectivity index (χ2v) is 7.43. The van der Waals surface area contributed by atoms with Crippen molar-refractivity contribution in [2.45, 2.75) is 39.7 Å². The molecule has 2 fully saturated rings. The van der Waals surface area contributed by atoms with Crippen molar-refractivity contribution in [1.82, 2.24) is 0 Å². The first-order valence-corrected chi connectivity index (χ1v) is 7.66. The summed E-state index contributed by atoms with van der Waals surface area (Å²) in [4.78, 5) is 2.44. The topological polar surface area (TPSA) is 21.7 Å². The molecule has 0 aromatic heterocycles. The number of rotatable bonds is 2. The molecule has 1 aromatic carbocycles. The van der Waals surface area contributed by atoms with Gasteiger partial charge in [-0.05, 0) is 43.3 Å². The van der Waals surface area contributed by atoms with Gasteiger partial charge in [-0.1, -0.05) is 32.6 Å². The van der Waals surface area contributed by atoms with Crippen molar-refractivity contribution in [1.29, 1.82) is 0 Å². The van der Waals surface area contributed by atoms with Crippen molar-refractivity contribution in [3.05, 3.63) is 36.6 Å². The number of anilines is 1. The summed E-state index contributed by atoms with van der Waals surface area (Å²) >= 11 is 0. The summed E-state index contributed by atoms with van der Waals surface area (Å²) in [7, 11) is -0.344. The number of hydrogen-bond donors (Lipinski definition) is 0. The van der Waals surface area contributed by atoms with Crippen molar-refractivity contribution in [3.63, 3.8) is 0 Å². The molecule has 0 unspecified atom stereocenters. The van der Waals surface area contributed by atoms with Crippen LogP contribution in [-0.2, 0) is 9.31 Å². The summed E-state index contributed by atoms with van der Waals surface area (Å²) in [5, 5.41) is 0. The molecule has 0 saturated carbocycles. The summed E-state index contributed by atoms with van der Waals surface area (Å²) in [5.74, 6) is 0.695. The molecule has 0 N–H and O–H groups in total. The minimum Gasteiger partial charge on any atom is -0.534 e. The largest absolute Gasteiger partial charge is 0.563 e. The Balaban J connectivity index is 1.80. The van der Waals surface area contributed by atoms with E-state index < -0.39 is 5.60 Å². The third-order valence-corrected chi connectivity index (χ3v) is 4.51. The summed E-state index contributed by atoms with van der Waals surface area (Å²) in [6, 6.07) is 8.49. The van der Waals surface area contributed by atoms with Gasteiger partial charge in [0, 0.05) is 18.8 Å². The van der Waals surface area contributed by atoms with Crippen molar-refractivity contribution >= 4 is 18.3 Å². The number of hydrogen-bond acceptors (Lipinski definition) is 3. The van der Waals surface area contributed by atoms with Gasteiger partial charge in [0.15, 0.2) is 0 Å². The van der Waals surface area contributed by atoms with Gasteiger partial charge in [0.25, 0.3) is 0 Å². The quantitative estimate of drug-likeness (QED) is 0.780. The first kappa shape index (κ1) is 14.5. The normalized spacial score (nSPS) is 23.5. The molecule has 1 aromatic rings. The lowest BCUT2D eigenvalue weighted by molar-refractivity contribution is 0.173. The highest BCUT2D eigenvalue weighted by Gasteiger charge is 2.43. The monoisotopic (exact) mass is 285 g/mol. The lowest BCUT2D eigenvalue weighted by Gasteiger charge is -2.22. The van der Waals surface area contributed by atoms with Gasteiger partial charge >= 0.3 is 7.12 Å². The molecule has 2 aliphatic rings. The highest BCUT2D eigenvalue weighted by molar-refractivity contribution is 6.62. The Morgan fingerprint density at radius 3 is 2.57 bits per heavy atom. The fourth-order valence-electron chi connectivity index (χ4n) is 2.97. The molecule has 0 amide bonds. The first-order valence-electron chi connectivity index (χ1n) is 7.66. The standard InChI is InChI=1S/C17H24BNO2/c1-13-17(4,5)21-18(20-13)14-7-6-8-15(11-14)19-10-9-16(2,3)12-19/h6-8,11H,1,9-10,12H2,2-5H3. The first-order chi connectivity index (χ1) is 9.77. The Kier molecular flexibility index (Phi) is 3.32. The van der Waals surface area contributed by atoms with Crippen LogP contribution < -0.4 is 10.4 Å². The van der Waals surface area contributed by atoms with Crippen LogP contribution in [0.25, 0.3) is 0 Å². The van der Waals surface area contributed by atoms with E-state index in [4.69, 9.17) is 9.31 Å². The predicted molar refractivity (Wildman–Crippen MR) is 87.8 cm³/mol. The molecule has 4 heteroatoms. The molecular weight excluding hydrogens is 261 g/mol. The molecule has 0 aliphatic carbocycles. The van der Waals surface area contributed by atoms with E-state index in [-0.39, 0.29) is 7.12 Å². The minimum absolute atomic E-state index is 0.344. The zero-order valence-electron chi connectivity index (χ0n) is 13.5. The molecule has 2 aliphatic heterocycles. The maximum Gasteiger partial charge on any atom is 0.563 e. The Morgan fingerprint density at radius 1 is 1.24 bits per heavy atom. The van der Waals surface area contributed by atoms with Crippen LogP contribution in [0, 0.1) is 5.41 Å². The molecule has 2 saturated heterocycles. The van der Waals surface area contributed by atoms with Crippen molar-refractivity contribution < 1.29 is 9.31 Å². The van der Waals surface area contributed by atoms with Gasteiger partial charge in [-0.3, -0.25) is 0 Å². The van der Waals surface area contributed by atoms with E-state index in [2.05, 4.69) is 49.6 Å². The molecule has 3 rings (SSSR count). The van der Waals surface area contributed by atoms with E-state index in [1.54, 1.807) is 0 Å². The highest BCUT2D eigenvalue weighted by Crippen LogP contribution is 2.33. The SMILES string of the molecule is C=C1OB(c2cccc(N3CCC(C)(C)C3)c2)OC1(C)C. The maximum atomic E-state index is 5.97. The van der Waals surface area contributed by atoms with Gasteiger partial charge in [0.2, 0.25) is 0 Å². The van der Waals surface area contributed by atoms with Gasteiger partial charge in [0.1, 0.15) is 5.60 Å². The molecule has 0 bridgehead atoms. The Morgan fingerprint density at radius 2 is 2.00 bits per heavy atom. The van der Waals surface area contributed by atoms with Crippen molar-refractivity contribution in [2.75, 3.05) is 18.0 Å². The van der Waals surface area contributed by atoms with Gasteiger partial charge < -0.3 is 14.2 Å². The Bertz CT molecular complexity index is 568. The zero-order valence-corrected chi connectivity index (χ0v) is 13.5. The molecular formula is C17H24BNO2. The van der Waals surface area contributed by atoms with E-state index in [0.717, 1.165) is 18.6 Å². The summed E-state index contributed by atoms with van der Waals surface area (Å²) in [6.45, 7) is 14.8. The van der Waals surface area contributed by atoms with Gasteiger partial charge in [-0.15, -0.1) is 0 Å².